The SMILES string of the molecule is CC(=O)Nc1cc(S(=O)(=O)N2CC3CCCCC32c2ccccc2)ccc1C. The maximum Gasteiger partial charge on any atom is 0.243 e. The van der Waals surface area contributed by atoms with Crippen molar-refractivity contribution in [2.75, 3.05) is 11.9 Å². The second kappa shape index (κ2) is 7.01. The summed E-state index contributed by atoms with van der Waals surface area (Å²) in [6, 6.07) is 15.0. The van der Waals surface area contributed by atoms with Crippen LogP contribution in [-0.2, 0) is 20.4 Å². The summed E-state index contributed by atoms with van der Waals surface area (Å²) in [5.41, 5.74) is 2.02. The van der Waals surface area contributed by atoms with Crippen LogP contribution in [0.2, 0.25) is 0 Å². The molecule has 28 heavy (non-hydrogen) atoms. The Labute approximate surface area is 166 Å². The lowest BCUT2D eigenvalue weighted by molar-refractivity contribution is -0.114. The monoisotopic (exact) mass is 398 g/mol. The predicted octanol–water partition coefficient (Wildman–Crippen LogP) is 4.04. The molecule has 1 aliphatic heterocycles. The number of sulfonamides is 1. The van der Waals surface area contributed by atoms with Crippen LogP contribution in [0.5, 0.6) is 0 Å². The quantitative estimate of drug-likeness (QED) is 0.845. The van der Waals surface area contributed by atoms with Gasteiger partial charge in [0.1, 0.15) is 0 Å². The molecule has 1 aliphatic carbocycles. The number of fused-ring (bicyclic) bond motifs is 1. The normalized spacial score (nSPS) is 24.9. The van der Waals surface area contributed by atoms with Crippen molar-refractivity contribution in [3.8, 4) is 0 Å². The van der Waals surface area contributed by atoms with E-state index in [1.165, 1.54) is 6.92 Å². The van der Waals surface area contributed by atoms with Crippen LogP contribution in [0.1, 0.15) is 43.7 Å². The van der Waals surface area contributed by atoms with Gasteiger partial charge in [0.15, 0.2) is 0 Å². The largest absolute Gasteiger partial charge is 0.326 e. The van der Waals surface area contributed by atoms with E-state index in [2.05, 4.69) is 17.4 Å². The third-order valence-electron chi connectivity index (χ3n) is 6.25. The first-order valence-corrected chi connectivity index (χ1v) is 11.3. The van der Waals surface area contributed by atoms with Crippen molar-refractivity contribution in [3.05, 3.63) is 59.7 Å². The molecular weight excluding hydrogens is 372 g/mol. The molecule has 2 aromatic rings. The molecule has 2 unspecified atom stereocenters. The van der Waals surface area contributed by atoms with Crippen LogP contribution in [0.15, 0.2) is 53.4 Å². The summed E-state index contributed by atoms with van der Waals surface area (Å²) < 4.78 is 28.9. The van der Waals surface area contributed by atoms with Gasteiger partial charge in [-0.2, -0.15) is 4.31 Å². The van der Waals surface area contributed by atoms with Crippen LogP contribution < -0.4 is 5.32 Å². The molecule has 1 N–H and O–H groups in total. The van der Waals surface area contributed by atoms with E-state index in [4.69, 9.17) is 0 Å². The van der Waals surface area contributed by atoms with Crippen molar-refractivity contribution in [3.63, 3.8) is 0 Å². The van der Waals surface area contributed by atoms with Crippen molar-refractivity contribution in [2.45, 2.75) is 50.0 Å². The molecule has 2 atom stereocenters. The summed E-state index contributed by atoms with van der Waals surface area (Å²) in [6.45, 7) is 3.83. The van der Waals surface area contributed by atoms with Crippen molar-refractivity contribution in [1.82, 2.24) is 4.31 Å². The Bertz CT molecular complexity index is 1000. The molecule has 0 aromatic heterocycles. The van der Waals surface area contributed by atoms with E-state index in [1.807, 2.05) is 25.1 Å². The smallest absolute Gasteiger partial charge is 0.243 e. The van der Waals surface area contributed by atoms with Crippen molar-refractivity contribution in [2.24, 2.45) is 5.92 Å². The predicted molar refractivity (Wildman–Crippen MR) is 109 cm³/mol. The first-order valence-electron chi connectivity index (χ1n) is 9.82. The van der Waals surface area contributed by atoms with Crippen molar-refractivity contribution >= 4 is 21.6 Å². The minimum atomic E-state index is -3.67. The van der Waals surface area contributed by atoms with Gasteiger partial charge in [-0.05, 0) is 48.9 Å². The van der Waals surface area contributed by atoms with Gasteiger partial charge >= 0.3 is 0 Å². The number of rotatable bonds is 4. The Kier molecular flexibility index (Phi) is 4.79. The van der Waals surface area contributed by atoms with Gasteiger partial charge in [-0.1, -0.05) is 49.2 Å². The van der Waals surface area contributed by atoms with Crippen LogP contribution in [0.3, 0.4) is 0 Å². The molecule has 148 valence electrons. The Morgan fingerprint density at radius 3 is 2.57 bits per heavy atom. The molecule has 2 aliphatic rings. The molecular formula is C22H26N2O3S. The Hall–Kier alpha value is -2.18. The molecule has 1 saturated carbocycles. The fourth-order valence-electron chi connectivity index (χ4n) is 4.83. The fraction of sp³-hybridized carbons (Fsp3) is 0.409. The van der Waals surface area contributed by atoms with E-state index >= 15 is 0 Å². The summed E-state index contributed by atoms with van der Waals surface area (Å²) in [7, 11) is -3.67. The minimum Gasteiger partial charge on any atom is -0.326 e. The summed E-state index contributed by atoms with van der Waals surface area (Å²) >= 11 is 0. The highest BCUT2D eigenvalue weighted by Gasteiger charge is 2.59. The summed E-state index contributed by atoms with van der Waals surface area (Å²) in [5, 5.41) is 2.74. The molecule has 4 rings (SSSR count). The molecule has 0 bridgehead atoms. The zero-order valence-electron chi connectivity index (χ0n) is 16.3. The van der Waals surface area contributed by atoms with Gasteiger partial charge in [0.05, 0.1) is 10.4 Å². The second-order valence-electron chi connectivity index (χ2n) is 7.93. The van der Waals surface area contributed by atoms with E-state index in [1.54, 1.807) is 22.5 Å². The molecule has 5 nitrogen and oxygen atoms in total. The average Bonchev–Trinajstić information content (AvgIpc) is 2.64. The number of amides is 1. The van der Waals surface area contributed by atoms with E-state index in [0.717, 1.165) is 36.8 Å². The molecule has 2 aromatic carbocycles. The third-order valence-corrected chi connectivity index (χ3v) is 8.15. The van der Waals surface area contributed by atoms with Crippen LogP contribution in [0, 0.1) is 12.8 Å². The van der Waals surface area contributed by atoms with Crippen LogP contribution in [0.25, 0.3) is 0 Å². The standard InChI is InChI=1S/C22H26N2O3S/c1-16-11-12-20(14-21(16)23-17(2)25)28(26,27)24-15-19-10-6-7-13-22(19,24)18-8-4-3-5-9-18/h3-5,8-9,11-12,14,19H,6-7,10,13,15H2,1-2H3,(H,23,25). The molecule has 6 heteroatoms. The van der Waals surface area contributed by atoms with Crippen LogP contribution >= 0.6 is 0 Å². The van der Waals surface area contributed by atoms with Crippen LogP contribution in [0.4, 0.5) is 5.69 Å². The highest BCUT2D eigenvalue weighted by Crippen LogP contribution is 2.55. The van der Waals surface area contributed by atoms with Gasteiger partial charge in [0, 0.05) is 19.2 Å². The zero-order chi connectivity index (χ0) is 19.9. The number of nitrogens with zero attached hydrogens (tertiary/aromatic N) is 1. The van der Waals surface area contributed by atoms with Gasteiger partial charge in [-0.25, -0.2) is 8.42 Å². The van der Waals surface area contributed by atoms with E-state index < -0.39 is 15.6 Å². The van der Waals surface area contributed by atoms with E-state index in [-0.39, 0.29) is 10.8 Å². The van der Waals surface area contributed by atoms with Gasteiger partial charge in [-0.3, -0.25) is 4.79 Å². The van der Waals surface area contributed by atoms with Gasteiger partial charge in [0.25, 0.3) is 0 Å². The maximum atomic E-state index is 13.6. The van der Waals surface area contributed by atoms with Gasteiger partial charge in [0.2, 0.25) is 15.9 Å². The molecule has 1 heterocycles. The van der Waals surface area contributed by atoms with Crippen molar-refractivity contribution in [1.29, 1.82) is 0 Å². The lowest BCUT2D eigenvalue weighted by atomic mass is 9.63. The molecule has 1 saturated heterocycles. The van der Waals surface area contributed by atoms with E-state index in [0.29, 0.717) is 18.2 Å². The molecule has 0 radical (unpaired) electrons. The maximum absolute atomic E-state index is 13.6. The number of hydrogen-bond acceptors (Lipinski definition) is 3. The summed E-state index contributed by atoms with van der Waals surface area (Å²) in [5.74, 6) is 0.147. The number of benzene rings is 2. The van der Waals surface area contributed by atoms with Crippen molar-refractivity contribution < 1.29 is 13.2 Å². The number of carbonyl (C=O) groups is 1. The Balaban J connectivity index is 1.76. The Morgan fingerprint density at radius 1 is 1.14 bits per heavy atom. The lowest BCUT2D eigenvalue weighted by Gasteiger charge is -2.60. The molecule has 0 spiro atoms. The first kappa shape index (κ1) is 19.2. The highest BCUT2D eigenvalue weighted by atomic mass is 32.2. The number of aryl methyl sites for hydroxylation is 1. The van der Waals surface area contributed by atoms with Gasteiger partial charge in [-0.15, -0.1) is 0 Å². The number of hydrogen-bond donors (Lipinski definition) is 1. The molecule has 2 fully saturated rings. The second-order valence-corrected chi connectivity index (χ2v) is 9.79. The minimum absolute atomic E-state index is 0.213. The lowest BCUT2D eigenvalue weighted by Crippen LogP contribution is -2.67. The summed E-state index contributed by atoms with van der Waals surface area (Å²) in [6.07, 6.45) is 4.10. The zero-order valence-corrected chi connectivity index (χ0v) is 17.1. The Morgan fingerprint density at radius 2 is 1.89 bits per heavy atom. The molecule has 1 amide bonds. The number of carbonyl (C=O) groups excluding carboxylic acids is 1. The average molecular weight is 399 g/mol. The number of anilines is 1. The fourth-order valence-corrected chi connectivity index (χ4v) is 6.74. The van der Waals surface area contributed by atoms with E-state index in [9.17, 15) is 13.2 Å². The topological polar surface area (TPSA) is 66.5 Å². The van der Waals surface area contributed by atoms with Crippen LogP contribution in [-0.4, -0.2) is 25.2 Å². The summed E-state index contributed by atoms with van der Waals surface area (Å²) in [4.78, 5) is 11.7. The number of nitrogens with one attached hydrogen (secondary N) is 1. The first-order chi connectivity index (χ1) is 13.4. The highest BCUT2D eigenvalue weighted by molar-refractivity contribution is 7.89. The third kappa shape index (κ3) is 2.95. The van der Waals surface area contributed by atoms with Gasteiger partial charge < -0.3 is 5.32 Å².